The number of hydrogen-bond donors (Lipinski definition) is 0. The number of alkyl halides is 1. The molecule has 0 aromatic rings. The zero-order valence-corrected chi connectivity index (χ0v) is 7.52. The first-order valence-corrected chi connectivity index (χ1v) is 5.04. The van der Waals surface area contributed by atoms with Crippen molar-refractivity contribution in [2.45, 2.75) is 38.3 Å². The van der Waals surface area contributed by atoms with Gasteiger partial charge in [-0.1, -0.05) is 5.57 Å². The van der Waals surface area contributed by atoms with E-state index in [4.69, 9.17) is 0 Å². The molecule has 0 heterocycles. The summed E-state index contributed by atoms with van der Waals surface area (Å²) in [6.07, 6.45) is 6.51. The summed E-state index contributed by atoms with van der Waals surface area (Å²) in [5.74, 6) is 2.43. The van der Waals surface area contributed by atoms with Crippen LogP contribution in [0.25, 0.3) is 0 Å². The van der Waals surface area contributed by atoms with Gasteiger partial charge in [-0.05, 0) is 56.4 Å². The summed E-state index contributed by atoms with van der Waals surface area (Å²) in [4.78, 5) is 0. The van der Waals surface area contributed by atoms with Crippen LogP contribution in [0.2, 0.25) is 0 Å². The fraction of sp³-hybridized carbons (Fsp3) is 0.818. The largest absolute Gasteiger partial charge is 0.240 e. The van der Waals surface area contributed by atoms with Gasteiger partial charge in [0.15, 0.2) is 0 Å². The lowest BCUT2D eigenvalue weighted by Gasteiger charge is -2.36. The number of halogens is 1. The number of rotatable bonds is 0. The Morgan fingerprint density at radius 1 is 1.50 bits per heavy atom. The monoisotopic (exact) mass is 166 g/mol. The van der Waals surface area contributed by atoms with E-state index in [1.165, 1.54) is 24.8 Å². The predicted octanol–water partition coefficient (Wildman–Crippen LogP) is 3.09. The molecular formula is C11H15F. The molecule has 12 heavy (non-hydrogen) atoms. The van der Waals surface area contributed by atoms with Crippen LogP contribution in [0, 0.1) is 17.8 Å². The highest BCUT2D eigenvalue weighted by atomic mass is 19.1. The van der Waals surface area contributed by atoms with Gasteiger partial charge in [0.25, 0.3) is 0 Å². The standard InChI is InChI=1S/C11H15F/c1-11(12)5-7-2-8-4-9(6-11)10(8)3-7/h6-8,10H,2-5H2,1H3. The highest BCUT2D eigenvalue weighted by molar-refractivity contribution is 5.27. The quantitative estimate of drug-likeness (QED) is 0.485. The van der Waals surface area contributed by atoms with Crippen LogP contribution in [0.1, 0.15) is 32.6 Å². The van der Waals surface area contributed by atoms with Crippen molar-refractivity contribution >= 4 is 0 Å². The molecule has 2 fully saturated rings. The first kappa shape index (κ1) is 7.11. The van der Waals surface area contributed by atoms with Gasteiger partial charge in [0.2, 0.25) is 0 Å². The molecule has 0 aromatic heterocycles. The molecule has 0 spiro atoms. The summed E-state index contributed by atoms with van der Waals surface area (Å²) < 4.78 is 13.8. The summed E-state index contributed by atoms with van der Waals surface area (Å²) in [7, 11) is 0. The Labute approximate surface area is 72.8 Å². The molecule has 0 aromatic carbocycles. The average molecular weight is 166 g/mol. The van der Waals surface area contributed by atoms with Crippen LogP contribution in [0.3, 0.4) is 0 Å². The minimum Gasteiger partial charge on any atom is -0.240 e. The Hall–Kier alpha value is -0.330. The molecule has 1 heteroatoms. The van der Waals surface area contributed by atoms with Crippen LogP contribution in [0.15, 0.2) is 11.6 Å². The van der Waals surface area contributed by atoms with Crippen LogP contribution in [-0.4, -0.2) is 5.67 Å². The Morgan fingerprint density at radius 3 is 3.17 bits per heavy atom. The first-order valence-electron chi connectivity index (χ1n) is 5.04. The molecule has 3 aliphatic carbocycles. The summed E-state index contributed by atoms with van der Waals surface area (Å²) in [6, 6.07) is 0. The maximum absolute atomic E-state index is 13.8. The van der Waals surface area contributed by atoms with Crippen LogP contribution >= 0.6 is 0 Å². The lowest BCUT2D eigenvalue weighted by atomic mass is 9.70. The van der Waals surface area contributed by atoms with Gasteiger partial charge in [-0.3, -0.25) is 0 Å². The van der Waals surface area contributed by atoms with Crippen molar-refractivity contribution in [1.82, 2.24) is 0 Å². The molecule has 0 N–H and O–H groups in total. The van der Waals surface area contributed by atoms with Gasteiger partial charge in [0.05, 0.1) is 0 Å². The lowest BCUT2D eigenvalue weighted by molar-refractivity contribution is 0.194. The normalized spacial score (nSPS) is 55.8. The third kappa shape index (κ3) is 0.826. The molecule has 3 rings (SSSR count). The smallest absolute Gasteiger partial charge is 0.126 e. The van der Waals surface area contributed by atoms with Crippen molar-refractivity contribution in [3.63, 3.8) is 0 Å². The molecule has 66 valence electrons. The van der Waals surface area contributed by atoms with Gasteiger partial charge >= 0.3 is 0 Å². The fourth-order valence-corrected chi connectivity index (χ4v) is 3.56. The Balaban J connectivity index is 2.00. The summed E-state index contributed by atoms with van der Waals surface area (Å²) in [5.41, 5.74) is 0.449. The maximum Gasteiger partial charge on any atom is 0.126 e. The first-order chi connectivity index (χ1) is 5.64. The third-order valence-corrected chi connectivity index (χ3v) is 3.94. The molecule has 2 saturated carbocycles. The van der Waals surface area contributed by atoms with E-state index in [1.807, 2.05) is 6.08 Å². The second-order valence-electron chi connectivity index (χ2n) is 5.11. The van der Waals surface area contributed by atoms with Crippen molar-refractivity contribution in [3.05, 3.63) is 11.6 Å². The van der Waals surface area contributed by atoms with Gasteiger partial charge in [-0.2, -0.15) is 0 Å². The zero-order chi connectivity index (χ0) is 8.34. The molecule has 4 unspecified atom stereocenters. The molecule has 3 aliphatic rings. The van der Waals surface area contributed by atoms with Gasteiger partial charge in [-0.15, -0.1) is 0 Å². The van der Waals surface area contributed by atoms with Gasteiger partial charge in [-0.25, -0.2) is 4.39 Å². The second-order valence-corrected chi connectivity index (χ2v) is 5.11. The summed E-state index contributed by atoms with van der Waals surface area (Å²) in [5, 5.41) is 0. The van der Waals surface area contributed by atoms with Gasteiger partial charge in [0, 0.05) is 0 Å². The highest BCUT2D eigenvalue weighted by Gasteiger charge is 2.48. The number of hydrogen-bond acceptors (Lipinski definition) is 0. The van der Waals surface area contributed by atoms with E-state index < -0.39 is 5.67 Å². The van der Waals surface area contributed by atoms with E-state index in [1.54, 1.807) is 6.92 Å². The molecule has 2 bridgehead atoms. The van der Waals surface area contributed by atoms with E-state index >= 15 is 0 Å². The van der Waals surface area contributed by atoms with Crippen molar-refractivity contribution in [1.29, 1.82) is 0 Å². The van der Waals surface area contributed by atoms with Crippen LogP contribution in [-0.2, 0) is 0 Å². The molecule has 0 saturated heterocycles. The van der Waals surface area contributed by atoms with E-state index in [0.717, 1.165) is 18.3 Å². The molecule has 0 nitrogen and oxygen atoms in total. The van der Waals surface area contributed by atoms with Crippen LogP contribution in [0.4, 0.5) is 4.39 Å². The minimum atomic E-state index is -0.986. The average Bonchev–Trinajstić information content (AvgIpc) is 2.16. The van der Waals surface area contributed by atoms with E-state index in [9.17, 15) is 4.39 Å². The topological polar surface area (TPSA) is 0 Å². The third-order valence-electron chi connectivity index (χ3n) is 3.94. The van der Waals surface area contributed by atoms with Crippen molar-refractivity contribution in [2.24, 2.45) is 17.8 Å². The Bertz CT molecular complexity index is 252. The van der Waals surface area contributed by atoms with Crippen molar-refractivity contribution < 1.29 is 4.39 Å². The molecule has 4 atom stereocenters. The predicted molar refractivity (Wildman–Crippen MR) is 46.5 cm³/mol. The lowest BCUT2D eigenvalue weighted by Crippen LogP contribution is -2.27. The maximum atomic E-state index is 13.8. The summed E-state index contributed by atoms with van der Waals surface area (Å²) in [6.45, 7) is 1.74. The van der Waals surface area contributed by atoms with Gasteiger partial charge in [0.1, 0.15) is 5.67 Å². The fourth-order valence-electron chi connectivity index (χ4n) is 3.56. The molecule has 0 aliphatic heterocycles. The van der Waals surface area contributed by atoms with E-state index in [-0.39, 0.29) is 0 Å². The van der Waals surface area contributed by atoms with E-state index in [2.05, 4.69) is 0 Å². The zero-order valence-electron chi connectivity index (χ0n) is 7.52. The Morgan fingerprint density at radius 2 is 2.33 bits per heavy atom. The highest BCUT2D eigenvalue weighted by Crippen LogP contribution is 2.57. The van der Waals surface area contributed by atoms with E-state index in [0.29, 0.717) is 5.92 Å². The summed E-state index contributed by atoms with van der Waals surface area (Å²) >= 11 is 0. The number of fused-ring (bicyclic) bond motifs is 1. The van der Waals surface area contributed by atoms with Gasteiger partial charge < -0.3 is 0 Å². The second kappa shape index (κ2) is 1.94. The van der Waals surface area contributed by atoms with Crippen LogP contribution < -0.4 is 0 Å². The SMILES string of the molecule is CC1(F)C=C2CC3CC(CC23)C1. The molecule has 0 radical (unpaired) electrons. The van der Waals surface area contributed by atoms with Crippen molar-refractivity contribution in [2.75, 3.05) is 0 Å². The number of allylic oxidation sites excluding steroid dienone is 2. The molecular weight excluding hydrogens is 151 g/mol. The molecule has 0 amide bonds. The minimum absolute atomic E-state index is 0.686. The van der Waals surface area contributed by atoms with Crippen LogP contribution in [0.5, 0.6) is 0 Å². The Kier molecular flexibility index (Phi) is 1.15. The van der Waals surface area contributed by atoms with Crippen molar-refractivity contribution in [3.8, 4) is 0 Å².